The summed E-state index contributed by atoms with van der Waals surface area (Å²) >= 11 is 11.6. The molecule has 110 valence electrons. The van der Waals surface area contributed by atoms with Crippen LogP contribution in [-0.4, -0.2) is 25.0 Å². The van der Waals surface area contributed by atoms with Crippen molar-refractivity contribution in [3.63, 3.8) is 0 Å². The van der Waals surface area contributed by atoms with Crippen molar-refractivity contribution in [3.8, 4) is 0 Å². The minimum atomic E-state index is -4.56. The normalized spacial score (nSPS) is 23.1. The number of carbonyl (C=O) groups excluding carboxylic acids is 1. The first-order valence-corrected chi connectivity index (χ1v) is 6.76. The van der Waals surface area contributed by atoms with Crippen molar-refractivity contribution in [1.82, 2.24) is 5.32 Å². The third kappa shape index (κ3) is 2.80. The van der Waals surface area contributed by atoms with Crippen LogP contribution in [0.25, 0.3) is 0 Å². The number of rotatable bonds is 3. The molecule has 0 aliphatic carbocycles. The predicted octanol–water partition coefficient (Wildman–Crippen LogP) is 3.65. The largest absolute Gasteiger partial charge is 0.402 e. The second-order valence-corrected chi connectivity index (χ2v) is 5.69. The zero-order valence-electron chi connectivity index (χ0n) is 10.4. The Morgan fingerprint density at radius 1 is 1.35 bits per heavy atom. The fourth-order valence-electron chi connectivity index (χ4n) is 2.34. The Morgan fingerprint density at radius 3 is 2.55 bits per heavy atom. The highest BCUT2D eigenvalue weighted by atomic mass is 35.5. The smallest absolute Gasteiger partial charge is 0.315 e. The highest BCUT2D eigenvalue weighted by Crippen LogP contribution is 2.44. The van der Waals surface area contributed by atoms with Gasteiger partial charge in [0.25, 0.3) is 0 Å². The van der Waals surface area contributed by atoms with Crippen LogP contribution >= 0.6 is 23.2 Å². The fraction of sp³-hybridized carbons (Fsp3) is 0.462. The summed E-state index contributed by atoms with van der Waals surface area (Å²) in [5.74, 6) is -0.862. The molecule has 1 heterocycles. The highest BCUT2D eigenvalue weighted by Gasteiger charge is 2.60. The molecule has 1 aliphatic heterocycles. The maximum atomic E-state index is 13.2. The van der Waals surface area contributed by atoms with Gasteiger partial charge in [-0.3, -0.25) is 4.79 Å². The van der Waals surface area contributed by atoms with E-state index in [-0.39, 0.29) is 31.0 Å². The third-order valence-electron chi connectivity index (χ3n) is 3.60. The average Bonchev–Trinajstić information content (AvgIpc) is 2.82. The lowest BCUT2D eigenvalue weighted by Crippen LogP contribution is -2.47. The summed E-state index contributed by atoms with van der Waals surface area (Å²) in [7, 11) is 0. The summed E-state index contributed by atoms with van der Waals surface area (Å²) in [6.45, 7) is -0.194. The van der Waals surface area contributed by atoms with E-state index in [4.69, 9.17) is 23.2 Å². The van der Waals surface area contributed by atoms with Gasteiger partial charge in [-0.1, -0.05) is 29.3 Å². The number of hydrogen-bond donors (Lipinski definition) is 1. The van der Waals surface area contributed by atoms with Crippen LogP contribution in [0.1, 0.15) is 12.0 Å². The van der Waals surface area contributed by atoms with Crippen LogP contribution in [0.4, 0.5) is 13.2 Å². The van der Waals surface area contributed by atoms with Crippen molar-refractivity contribution in [2.75, 3.05) is 13.1 Å². The zero-order valence-corrected chi connectivity index (χ0v) is 11.9. The van der Waals surface area contributed by atoms with Gasteiger partial charge < -0.3 is 5.32 Å². The lowest BCUT2D eigenvalue weighted by atomic mass is 9.79. The van der Waals surface area contributed by atoms with Gasteiger partial charge in [0.2, 0.25) is 0 Å². The molecule has 7 heteroatoms. The number of alkyl halides is 3. The van der Waals surface area contributed by atoms with Gasteiger partial charge in [-0.15, -0.1) is 0 Å². The van der Waals surface area contributed by atoms with Crippen LogP contribution in [0.15, 0.2) is 18.2 Å². The van der Waals surface area contributed by atoms with E-state index < -0.39 is 17.4 Å². The topological polar surface area (TPSA) is 29.1 Å². The van der Waals surface area contributed by atoms with Crippen LogP contribution < -0.4 is 5.32 Å². The van der Waals surface area contributed by atoms with Crippen LogP contribution in [-0.2, 0) is 11.2 Å². The minimum absolute atomic E-state index is 0.180. The molecule has 1 atom stereocenters. The van der Waals surface area contributed by atoms with Gasteiger partial charge in [0, 0.05) is 23.0 Å². The number of carbonyl (C=O) groups is 1. The maximum Gasteiger partial charge on any atom is 0.402 e. The summed E-state index contributed by atoms with van der Waals surface area (Å²) in [4.78, 5) is 12.2. The van der Waals surface area contributed by atoms with Crippen molar-refractivity contribution in [2.45, 2.75) is 19.0 Å². The van der Waals surface area contributed by atoms with Crippen LogP contribution in [0.2, 0.25) is 10.0 Å². The zero-order chi connectivity index (χ0) is 15.0. The molecule has 1 fully saturated rings. The molecule has 20 heavy (non-hydrogen) atoms. The first-order chi connectivity index (χ1) is 9.26. The van der Waals surface area contributed by atoms with Crippen molar-refractivity contribution < 1.29 is 18.0 Å². The fourth-order valence-corrected chi connectivity index (χ4v) is 2.81. The third-order valence-corrected chi connectivity index (χ3v) is 4.18. The molecule has 2 nitrogen and oxygen atoms in total. The number of nitrogens with one attached hydrogen (secondary N) is 1. The van der Waals surface area contributed by atoms with Gasteiger partial charge in [-0.05, 0) is 30.7 Å². The Balaban J connectivity index is 2.26. The second kappa shape index (κ2) is 5.54. The van der Waals surface area contributed by atoms with E-state index in [1.807, 2.05) is 0 Å². The number of Topliss-reactive ketones (excluding diaryl/α,β-unsaturated/α-hetero) is 1. The van der Waals surface area contributed by atoms with Crippen LogP contribution in [0.3, 0.4) is 0 Å². The molecule has 1 aromatic carbocycles. The molecule has 0 aromatic heterocycles. The van der Waals surface area contributed by atoms with Gasteiger partial charge in [0.1, 0.15) is 5.41 Å². The van der Waals surface area contributed by atoms with E-state index in [0.717, 1.165) is 0 Å². The molecule has 0 radical (unpaired) electrons. The van der Waals surface area contributed by atoms with Crippen LogP contribution in [0.5, 0.6) is 0 Å². The first-order valence-electron chi connectivity index (χ1n) is 6.01. The molecule has 1 aromatic rings. The standard InChI is InChI=1S/C13H12Cl2F3NO/c14-9-2-1-8(10(15)6-9)5-11(20)12(13(16,17)18)3-4-19-7-12/h1-2,6,19H,3-5,7H2. The first kappa shape index (κ1) is 15.6. The van der Waals surface area contributed by atoms with E-state index in [9.17, 15) is 18.0 Å². The Bertz CT molecular complexity index is 525. The van der Waals surface area contributed by atoms with E-state index in [0.29, 0.717) is 10.6 Å². The minimum Gasteiger partial charge on any atom is -0.315 e. The highest BCUT2D eigenvalue weighted by molar-refractivity contribution is 6.35. The molecule has 1 N–H and O–H groups in total. The number of hydrogen-bond acceptors (Lipinski definition) is 2. The van der Waals surface area contributed by atoms with Gasteiger partial charge in [0.15, 0.2) is 5.78 Å². The Hall–Kier alpha value is -0.780. The second-order valence-electron chi connectivity index (χ2n) is 4.84. The Kier molecular flexibility index (Phi) is 4.33. The molecule has 1 aliphatic rings. The van der Waals surface area contributed by atoms with Crippen molar-refractivity contribution in [2.24, 2.45) is 5.41 Å². The van der Waals surface area contributed by atoms with Gasteiger partial charge >= 0.3 is 6.18 Å². The summed E-state index contributed by atoms with van der Waals surface area (Å²) < 4.78 is 39.7. The summed E-state index contributed by atoms with van der Waals surface area (Å²) in [6, 6.07) is 4.40. The van der Waals surface area contributed by atoms with E-state index in [1.165, 1.54) is 18.2 Å². The van der Waals surface area contributed by atoms with Gasteiger partial charge in [-0.2, -0.15) is 13.2 Å². The SMILES string of the molecule is O=C(Cc1ccc(Cl)cc1Cl)C1(C(F)(F)F)CCNC1. The molecule has 0 amide bonds. The summed E-state index contributed by atoms with van der Waals surface area (Å²) in [6.07, 6.45) is -5.15. The van der Waals surface area contributed by atoms with E-state index >= 15 is 0 Å². The average molecular weight is 326 g/mol. The number of ketones is 1. The van der Waals surface area contributed by atoms with E-state index in [2.05, 4.69) is 5.32 Å². The van der Waals surface area contributed by atoms with E-state index in [1.54, 1.807) is 0 Å². The monoisotopic (exact) mass is 325 g/mol. The lowest BCUT2D eigenvalue weighted by Gasteiger charge is -2.29. The Morgan fingerprint density at radius 2 is 2.05 bits per heavy atom. The van der Waals surface area contributed by atoms with Gasteiger partial charge in [0.05, 0.1) is 0 Å². The molecule has 0 saturated carbocycles. The van der Waals surface area contributed by atoms with Crippen molar-refractivity contribution in [1.29, 1.82) is 0 Å². The Labute approximate surface area is 124 Å². The van der Waals surface area contributed by atoms with Gasteiger partial charge in [-0.25, -0.2) is 0 Å². The number of halogens is 5. The van der Waals surface area contributed by atoms with Crippen molar-refractivity contribution in [3.05, 3.63) is 33.8 Å². The molecule has 2 rings (SSSR count). The maximum absolute atomic E-state index is 13.2. The lowest BCUT2D eigenvalue weighted by molar-refractivity contribution is -0.214. The quantitative estimate of drug-likeness (QED) is 0.919. The molecule has 0 bridgehead atoms. The summed E-state index contributed by atoms with van der Waals surface area (Å²) in [5, 5.41) is 3.19. The summed E-state index contributed by atoms with van der Waals surface area (Å²) in [5.41, 5.74) is -1.95. The molecule has 0 spiro atoms. The number of benzene rings is 1. The molecular weight excluding hydrogens is 314 g/mol. The molecule has 1 unspecified atom stereocenters. The molecule has 1 saturated heterocycles. The van der Waals surface area contributed by atoms with Crippen molar-refractivity contribution >= 4 is 29.0 Å². The molecular formula is C13H12Cl2F3NO. The predicted molar refractivity (Wildman–Crippen MR) is 71.1 cm³/mol. The van der Waals surface area contributed by atoms with Crippen LogP contribution in [0, 0.1) is 5.41 Å².